The second-order valence-electron chi connectivity index (χ2n) is 5.61. The summed E-state index contributed by atoms with van der Waals surface area (Å²) >= 11 is 0. The van der Waals surface area contributed by atoms with Crippen molar-refractivity contribution in [3.63, 3.8) is 0 Å². The van der Waals surface area contributed by atoms with E-state index in [0.29, 0.717) is 6.54 Å². The minimum absolute atomic E-state index is 0.0657. The van der Waals surface area contributed by atoms with Gasteiger partial charge in [-0.25, -0.2) is 0 Å². The lowest BCUT2D eigenvalue weighted by atomic mass is 10.1. The quantitative estimate of drug-likeness (QED) is 0.815. The lowest BCUT2D eigenvalue weighted by molar-refractivity contribution is -0.122. The van der Waals surface area contributed by atoms with Crippen LogP contribution in [0.25, 0.3) is 0 Å². The number of hydrogen-bond donors (Lipinski definition) is 2. The van der Waals surface area contributed by atoms with Crippen LogP contribution in [-0.2, 0) is 4.79 Å². The summed E-state index contributed by atoms with van der Waals surface area (Å²) in [5.41, 5.74) is 4.63. The Bertz CT molecular complexity index is 527. The van der Waals surface area contributed by atoms with Crippen LogP contribution in [0.3, 0.4) is 0 Å². The fraction of sp³-hybridized carbons (Fsp3) is 0.471. The molecular weight excluding hydrogens is 264 g/mol. The molecule has 114 valence electrons. The largest absolute Gasteiger partial charge is 0.483 e. The van der Waals surface area contributed by atoms with Gasteiger partial charge in [0, 0.05) is 13.1 Å². The van der Waals surface area contributed by atoms with Crippen molar-refractivity contribution in [1.29, 1.82) is 0 Å². The number of ether oxygens (including phenoxy) is 1. The number of hydrogen-bond acceptors (Lipinski definition) is 3. The Kier molecular flexibility index (Phi) is 5.39. The van der Waals surface area contributed by atoms with Crippen LogP contribution < -0.4 is 15.4 Å². The summed E-state index contributed by atoms with van der Waals surface area (Å²) in [5.74, 6) is 0.741. The van der Waals surface area contributed by atoms with Gasteiger partial charge in [0.1, 0.15) is 5.75 Å². The molecule has 0 bridgehead atoms. The number of benzene rings is 1. The van der Waals surface area contributed by atoms with Crippen molar-refractivity contribution in [2.24, 2.45) is 0 Å². The van der Waals surface area contributed by atoms with Gasteiger partial charge >= 0.3 is 0 Å². The number of aryl methyl sites for hydroxylation is 3. The maximum Gasteiger partial charge on any atom is 0.258 e. The standard InChI is InChI=1S/C17H24N2O2/c1-12-8-13(2)17(14(3)9-12)21-11-16(20)19-10-15-4-6-18-7-5-15/h4,8-9,18H,5-7,10-11H2,1-3H3,(H,19,20). The van der Waals surface area contributed by atoms with Crippen LogP contribution in [0.1, 0.15) is 23.1 Å². The van der Waals surface area contributed by atoms with Crippen molar-refractivity contribution in [2.75, 3.05) is 26.2 Å². The third-order valence-electron chi connectivity index (χ3n) is 3.62. The Labute approximate surface area is 126 Å². The molecular formula is C17H24N2O2. The highest BCUT2D eigenvalue weighted by Gasteiger charge is 2.09. The van der Waals surface area contributed by atoms with Crippen molar-refractivity contribution in [3.05, 3.63) is 40.5 Å². The molecule has 0 fully saturated rings. The average molecular weight is 288 g/mol. The molecule has 4 nitrogen and oxygen atoms in total. The van der Waals surface area contributed by atoms with Crippen LogP contribution >= 0.6 is 0 Å². The zero-order valence-corrected chi connectivity index (χ0v) is 13.1. The van der Waals surface area contributed by atoms with Crippen LogP contribution in [0.15, 0.2) is 23.8 Å². The Morgan fingerprint density at radius 2 is 2.00 bits per heavy atom. The molecule has 1 aliphatic rings. The summed E-state index contributed by atoms with van der Waals surface area (Å²) in [5, 5.41) is 6.17. The van der Waals surface area contributed by atoms with Crippen molar-refractivity contribution < 1.29 is 9.53 Å². The number of nitrogens with one attached hydrogen (secondary N) is 2. The minimum Gasteiger partial charge on any atom is -0.483 e. The molecule has 0 radical (unpaired) electrons. The SMILES string of the molecule is Cc1cc(C)c(OCC(=O)NCC2=CCNCC2)c(C)c1. The fourth-order valence-corrected chi connectivity index (χ4v) is 2.63. The summed E-state index contributed by atoms with van der Waals surface area (Å²) in [6, 6.07) is 4.14. The molecule has 1 aliphatic heterocycles. The third kappa shape index (κ3) is 4.60. The predicted molar refractivity (Wildman–Crippen MR) is 84.7 cm³/mol. The van der Waals surface area contributed by atoms with Gasteiger partial charge in [0.15, 0.2) is 6.61 Å². The highest BCUT2D eigenvalue weighted by atomic mass is 16.5. The molecule has 2 rings (SSSR count). The highest BCUT2D eigenvalue weighted by Crippen LogP contribution is 2.24. The van der Waals surface area contributed by atoms with Crippen LogP contribution in [0.2, 0.25) is 0 Å². The number of carbonyl (C=O) groups excluding carboxylic acids is 1. The summed E-state index contributed by atoms with van der Waals surface area (Å²) < 4.78 is 5.68. The van der Waals surface area contributed by atoms with Crippen molar-refractivity contribution in [3.8, 4) is 5.75 Å². The van der Waals surface area contributed by atoms with E-state index in [1.54, 1.807) is 0 Å². The molecule has 1 amide bonds. The van der Waals surface area contributed by atoms with Gasteiger partial charge in [-0.3, -0.25) is 4.79 Å². The maximum absolute atomic E-state index is 11.9. The Balaban J connectivity index is 1.82. The van der Waals surface area contributed by atoms with E-state index < -0.39 is 0 Å². The first-order valence-electron chi connectivity index (χ1n) is 7.42. The molecule has 1 heterocycles. The van der Waals surface area contributed by atoms with Gasteiger partial charge in [-0.15, -0.1) is 0 Å². The van der Waals surface area contributed by atoms with Crippen LogP contribution in [0, 0.1) is 20.8 Å². The first-order valence-corrected chi connectivity index (χ1v) is 7.42. The third-order valence-corrected chi connectivity index (χ3v) is 3.62. The van der Waals surface area contributed by atoms with Gasteiger partial charge in [0.05, 0.1) is 0 Å². The lowest BCUT2D eigenvalue weighted by Gasteiger charge is -2.16. The summed E-state index contributed by atoms with van der Waals surface area (Å²) in [6.45, 7) is 8.64. The Morgan fingerprint density at radius 1 is 1.29 bits per heavy atom. The van der Waals surface area contributed by atoms with Crippen molar-refractivity contribution in [2.45, 2.75) is 27.2 Å². The molecule has 21 heavy (non-hydrogen) atoms. The van der Waals surface area contributed by atoms with Crippen LogP contribution in [0.5, 0.6) is 5.75 Å². The van der Waals surface area contributed by atoms with Crippen molar-refractivity contribution >= 4 is 5.91 Å². The lowest BCUT2D eigenvalue weighted by Crippen LogP contribution is -2.32. The van der Waals surface area contributed by atoms with E-state index in [2.05, 4.69) is 35.8 Å². The molecule has 0 aliphatic carbocycles. The van der Waals surface area contributed by atoms with Crippen LogP contribution in [0.4, 0.5) is 0 Å². The molecule has 0 atom stereocenters. The zero-order chi connectivity index (χ0) is 15.2. The fourth-order valence-electron chi connectivity index (χ4n) is 2.63. The molecule has 2 N–H and O–H groups in total. The van der Waals surface area contributed by atoms with Gasteiger partial charge < -0.3 is 15.4 Å². The predicted octanol–water partition coefficient (Wildman–Crippen LogP) is 2.03. The maximum atomic E-state index is 11.9. The van der Waals surface area contributed by atoms with E-state index in [0.717, 1.165) is 36.4 Å². The smallest absolute Gasteiger partial charge is 0.258 e. The average Bonchev–Trinajstić information content (AvgIpc) is 2.45. The van der Waals surface area contributed by atoms with E-state index in [1.165, 1.54) is 11.1 Å². The van der Waals surface area contributed by atoms with Crippen molar-refractivity contribution in [1.82, 2.24) is 10.6 Å². The topological polar surface area (TPSA) is 50.4 Å². The summed E-state index contributed by atoms with van der Waals surface area (Å²) in [4.78, 5) is 11.9. The Hall–Kier alpha value is -1.81. The van der Waals surface area contributed by atoms with Gasteiger partial charge in [0.2, 0.25) is 0 Å². The second kappa shape index (κ2) is 7.27. The van der Waals surface area contributed by atoms with Gasteiger partial charge in [-0.1, -0.05) is 29.3 Å². The van der Waals surface area contributed by atoms with E-state index >= 15 is 0 Å². The number of carbonyl (C=O) groups is 1. The molecule has 0 spiro atoms. The Morgan fingerprint density at radius 3 is 2.62 bits per heavy atom. The zero-order valence-electron chi connectivity index (χ0n) is 13.1. The van der Waals surface area contributed by atoms with E-state index in [1.807, 2.05) is 13.8 Å². The van der Waals surface area contributed by atoms with Gasteiger partial charge in [-0.2, -0.15) is 0 Å². The van der Waals surface area contributed by atoms with Gasteiger partial charge in [-0.05, 0) is 44.9 Å². The second-order valence-corrected chi connectivity index (χ2v) is 5.61. The molecule has 0 unspecified atom stereocenters. The number of amides is 1. The molecule has 0 saturated carbocycles. The minimum atomic E-state index is -0.0752. The normalized spacial score (nSPS) is 14.5. The molecule has 1 aromatic carbocycles. The molecule has 4 heteroatoms. The van der Waals surface area contributed by atoms with E-state index in [9.17, 15) is 4.79 Å². The van der Waals surface area contributed by atoms with Crippen LogP contribution in [-0.4, -0.2) is 32.1 Å². The first-order chi connectivity index (χ1) is 10.1. The van der Waals surface area contributed by atoms with Gasteiger partial charge in [0.25, 0.3) is 5.91 Å². The molecule has 1 aromatic rings. The molecule has 0 aromatic heterocycles. The van der Waals surface area contributed by atoms with E-state index in [4.69, 9.17) is 4.74 Å². The van der Waals surface area contributed by atoms with E-state index in [-0.39, 0.29) is 12.5 Å². The summed E-state index contributed by atoms with van der Waals surface area (Å²) in [6.07, 6.45) is 3.14. The summed E-state index contributed by atoms with van der Waals surface area (Å²) in [7, 11) is 0. The first kappa shape index (κ1) is 15.6. The number of rotatable bonds is 5. The monoisotopic (exact) mass is 288 g/mol. The highest BCUT2D eigenvalue weighted by molar-refractivity contribution is 5.77. The molecule has 0 saturated heterocycles.